The summed E-state index contributed by atoms with van der Waals surface area (Å²) in [5, 5.41) is 7.34. The summed E-state index contributed by atoms with van der Waals surface area (Å²) in [6.45, 7) is 4.86. The fraction of sp³-hybridized carbons (Fsp3) is 0.412. The number of thioether (sulfide) groups is 1. The number of amides is 1. The van der Waals surface area contributed by atoms with Gasteiger partial charge in [-0.25, -0.2) is 0 Å². The topological polar surface area (TPSA) is 49.0 Å². The van der Waals surface area contributed by atoms with E-state index in [2.05, 4.69) is 10.2 Å². The first-order valence-corrected chi connectivity index (χ1v) is 8.81. The Morgan fingerprint density at radius 1 is 1.36 bits per heavy atom. The predicted octanol–water partition coefficient (Wildman–Crippen LogP) is 3.73. The van der Waals surface area contributed by atoms with Crippen LogP contribution >= 0.6 is 11.8 Å². The predicted molar refractivity (Wildman–Crippen MR) is 89.3 cm³/mol. The molecular weight excluding hydrogens is 294 g/mol. The molecule has 1 aromatic heterocycles. The number of rotatable bonds is 3. The summed E-state index contributed by atoms with van der Waals surface area (Å²) in [5.41, 5.74) is 4.06. The van der Waals surface area contributed by atoms with Gasteiger partial charge in [-0.2, -0.15) is 5.10 Å². The summed E-state index contributed by atoms with van der Waals surface area (Å²) in [6.07, 6.45) is 4.06. The Morgan fingerprint density at radius 3 is 2.82 bits per heavy atom. The van der Waals surface area contributed by atoms with Crippen LogP contribution in [0.1, 0.15) is 46.2 Å². The minimum atomic E-state index is 0.132. The minimum absolute atomic E-state index is 0.132. The lowest BCUT2D eigenvalue weighted by Crippen LogP contribution is -2.31. The number of hydrogen-bond acceptors (Lipinski definition) is 3. The summed E-state index contributed by atoms with van der Waals surface area (Å²) >= 11 is 1.62. The monoisotopic (exact) mass is 315 g/mol. The number of hydrogen-bond donors (Lipinski definition) is 1. The molecule has 0 aliphatic carbocycles. The van der Waals surface area contributed by atoms with Gasteiger partial charge in [-0.05, 0) is 45.1 Å². The van der Waals surface area contributed by atoms with E-state index in [0.29, 0.717) is 0 Å². The maximum absolute atomic E-state index is 13.0. The van der Waals surface area contributed by atoms with Gasteiger partial charge in [0.1, 0.15) is 0 Å². The standard InChI is InChI=1S/C17H21N3OS/c1-11-16(12(2)19-18-11)14-8-6-10-20(14)17(21)13-7-4-5-9-15(13)22-3/h4-5,7,9,14H,6,8,10H2,1-3H3,(H,18,19)/t14-/m0/s1. The van der Waals surface area contributed by atoms with Crippen molar-refractivity contribution in [2.45, 2.75) is 37.6 Å². The van der Waals surface area contributed by atoms with Crippen molar-refractivity contribution >= 4 is 17.7 Å². The Hall–Kier alpha value is -1.75. The van der Waals surface area contributed by atoms with E-state index in [0.717, 1.165) is 41.2 Å². The van der Waals surface area contributed by atoms with Crippen LogP contribution in [0.15, 0.2) is 29.2 Å². The van der Waals surface area contributed by atoms with Crippen molar-refractivity contribution in [3.8, 4) is 0 Å². The van der Waals surface area contributed by atoms with Gasteiger partial charge in [0.2, 0.25) is 0 Å². The molecule has 1 N–H and O–H groups in total. The summed E-state index contributed by atoms with van der Waals surface area (Å²) < 4.78 is 0. The first-order chi connectivity index (χ1) is 10.6. The molecule has 22 heavy (non-hydrogen) atoms. The van der Waals surface area contributed by atoms with E-state index in [1.165, 1.54) is 5.56 Å². The van der Waals surface area contributed by atoms with Crippen molar-refractivity contribution in [2.24, 2.45) is 0 Å². The highest BCUT2D eigenvalue weighted by atomic mass is 32.2. The highest BCUT2D eigenvalue weighted by Gasteiger charge is 2.34. The molecule has 1 aliphatic rings. The molecule has 2 heterocycles. The van der Waals surface area contributed by atoms with Crippen LogP contribution in [0.25, 0.3) is 0 Å². The average Bonchev–Trinajstić information content (AvgIpc) is 3.13. The Morgan fingerprint density at radius 2 is 2.14 bits per heavy atom. The summed E-state index contributed by atoms with van der Waals surface area (Å²) in [5.74, 6) is 0.132. The number of nitrogens with one attached hydrogen (secondary N) is 1. The molecule has 0 unspecified atom stereocenters. The molecule has 1 atom stereocenters. The molecular formula is C17H21N3OS. The van der Waals surface area contributed by atoms with E-state index >= 15 is 0 Å². The second-order valence-corrected chi connectivity index (χ2v) is 6.55. The molecule has 116 valence electrons. The zero-order valence-electron chi connectivity index (χ0n) is 13.2. The SMILES string of the molecule is CSc1ccccc1C(=O)N1CCC[C@H]1c1c(C)n[nH]c1C. The summed E-state index contributed by atoms with van der Waals surface area (Å²) in [4.78, 5) is 16.1. The van der Waals surface area contributed by atoms with E-state index in [1.54, 1.807) is 11.8 Å². The zero-order chi connectivity index (χ0) is 15.7. The highest BCUT2D eigenvalue weighted by Crippen LogP contribution is 2.36. The molecule has 2 aromatic rings. The first kappa shape index (κ1) is 15.2. The van der Waals surface area contributed by atoms with Crippen molar-refractivity contribution in [3.63, 3.8) is 0 Å². The molecule has 1 saturated heterocycles. The van der Waals surface area contributed by atoms with Crippen LogP contribution in [0.2, 0.25) is 0 Å². The van der Waals surface area contributed by atoms with Crippen LogP contribution in [0.4, 0.5) is 0 Å². The fourth-order valence-electron chi connectivity index (χ4n) is 3.34. The van der Waals surface area contributed by atoms with Crippen LogP contribution in [0.3, 0.4) is 0 Å². The number of benzene rings is 1. The van der Waals surface area contributed by atoms with Crippen LogP contribution in [-0.2, 0) is 0 Å². The quantitative estimate of drug-likeness (QED) is 0.878. The molecule has 0 radical (unpaired) electrons. The summed E-state index contributed by atoms with van der Waals surface area (Å²) in [7, 11) is 0. The lowest BCUT2D eigenvalue weighted by atomic mass is 10.0. The molecule has 1 aromatic carbocycles. The number of aromatic amines is 1. The molecule has 1 amide bonds. The van der Waals surface area contributed by atoms with Crippen LogP contribution in [0, 0.1) is 13.8 Å². The molecule has 5 heteroatoms. The number of nitrogens with zero attached hydrogens (tertiary/aromatic N) is 2. The first-order valence-electron chi connectivity index (χ1n) is 7.59. The second kappa shape index (κ2) is 6.16. The molecule has 0 bridgehead atoms. The maximum Gasteiger partial charge on any atom is 0.255 e. The van der Waals surface area contributed by atoms with Crippen LogP contribution < -0.4 is 0 Å². The third-order valence-corrected chi connectivity index (χ3v) is 5.17. The smallest absolute Gasteiger partial charge is 0.255 e. The lowest BCUT2D eigenvalue weighted by molar-refractivity contribution is 0.0731. The lowest BCUT2D eigenvalue weighted by Gasteiger charge is -2.26. The van der Waals surface area contributed by atoms with Crippen molar-refractivity contribution in [1.29, 1.82) is 0 Å². The van der Waals surface area contributed by atoms with Crippen molar-refractivity contribution in [3.05, 3.63) is 46.8 Å². The normalized spacial score (nSPS) is 18.0. The molecule has 1 aliphatic heterocycles. The van der Waals surface area contributed by atoms with Crippen molar-refractivity contribution in [1.82, 2.24) is 15.1 Å². The van der Waals surface area contributed by atoms with Crippen molar-refractivity contribution in [2.75, 3.05) is 12.8 Å². The van der Waals surface area contributed by atoms with Gasteiger partial charge in [0.05, 0.1) is 17.3 Å². The van der Waals surface area contributed by atoms with Gasteiger partial charge in [-0.1, -0.05) is 12.1 Å². The van der Waals surface area contributed by atoms with E-state index < -0.39 is 0 Å². The molecule has 4 nitrogen and oxygen atoms in total. The van der Waals surface area contributed by atoms with Gasteiger partial charge < -0.3 is 4.90 Å². The number of H-pyrrole nitrogens is 1. The minimum Gasteiger partial charge on any atom is -0.331 e. The van der Waals surface area contributed by atoms with Gasteiger partial charge in [0.25, 0.3) is 5.91 Å². The third kappa shape index (κ3) is 2.54. The van der Waals surface area contributed by atoms with Gasteiger partial charge in [0, 0.05) is 22.7 Å². The molecule has 3 rings (SSSR count). The fourth-order valence-corrected chi connectivity index (χ4v) is 3.93. The van der Waals surface area contributed by atoms with E-state index in [4.69, 9.17) is 0 Å². The van der Waals surface area contributed by atoms with Crippen molar-refractivity contribution < 1.29 is 4.79 Å². The Labute approximate surface area is 135 Å². The average molecular weight is 315 g/mol. The molecule has 0 saturated carbocycles. The van der Waals surface area contributed by atoms with Crippen LogP contribution in [-0.4, -0.2) is 33.8 Å². The third-order valence-electron chi connectivity index (χ3n) is 4.37. The van der Waals surface area contributed by atoms with Gasteiger partial charge in [0.15, 0.2) is 0 Å². The number of aryl methyl sites for hydroxylation is 2. The van der Waals surface area contributed by atoms with Gasteiger partial charge in [-0.3, -0.25) is 9.89 Å². The van der Waals surface area contributed by atoms with E-state index in [1.807, 2.05) is 49.3 Å². The highest BCUT2D eigenvalue weighted by molar-refractivity contribution is 7.98. The van der Waals surface area contributed by atoms with E-state index in [-0.39, 0.29) is 11.9 Å². The molecule has 0 spiro atoms. The maximum atomic E-state index is 13.0. The summed E-state index contributed by atoms with van der Waals surface area (Å²) in [6, 6.07) is 8.00. The zero-order valence-corrected chi connectivity index (χ0v) is 14.0. The Bertz CT molecular complexity index is 675. The number of carbonyl (C=O) groups excluding carboxylic acids is 1. The Kier molecular flexibility index (Phi) is 4.25. The second-order valence-electron chi connectivity index (χ2n) is 5.70. The number of carbonyl (C=O) groups is 1. The Balaban J connectivity index is 1.95. The number of aromatic nitrogens is 2. The van der Waals surface area contributed by atoms with Crippen LogP contribution in [0.5, 0.6) is 0 Å². The van der Waals surface area contributed by atoms with E-state index in [9.17, 15) is 4.79 Å². The van der Waals surface area contributed by atoms with Gasteiger partial charge >= 0.3 is 0 Å². The van der Waals surface area contributed by atoms with Gasteiger partial charge in [-0.15, -0.1) is 11.8 Å². The number of likely N-dealkylation sites (tertiary alicyclic amines) is 1. The largest absolute Gasteiger partial charge is 0.331 e. The molecule has 1 fully saturated rings.